The number of nitrogens with two attached hydrogens (primary N) is 1. The van der Waals surface area contributed by atoms with Crippen molar-refractivity contribution in [2.45, 2.75) is 25.5 Å². The van der Waals surface area contributed by atoms with Crippen molar-refractivity contribution in [1.29, 1.82) is 0 Å². The Morgan fingerprint density at radius 1 is 1.43 bits per heavy atom. The predicted molar refractivity (Wildman–Crippen MR) is 76.3 cm³/mol. The van der Waals surface area contributed by atoms with E-state index in [1.165, 1.54) is 18.2 Å². The van der Waals surface area contributed by atoms with Gasteiger partial charge in [-0.25, -0.2) is 4.39 Å². The van der Waals surface area contributed by atoms with Crippen LogP contribution in [-0.2, 0) is 11.3 Å². The van der Waals surface area contributed by atoms with Gasteiger partial charge >= 0.3 is 0 Å². The Hall–Kier alpha value is -1.50. The van der Waals surface area contributed by atoms with Gasteiger partial charge in [-0.05, 0) is 31.0 Å². The van der Waals surface area contributed by atoms with Gasteiger partial charge in [-0.15, -0.1) is 0 Å². The average molecular weight is 296 g/mol. The summed E-state index contributed by atoms with van der Waals surface area (Å²) in [5.41, 5.74) is 6.03. The summed E-state index contributed by atoms with van der Waals surface area (Å²) < 4.78 is 19.3. The highest BCUT2D eigenvalue weighted by Crippen LogP contribution is 2.18. The Morgan fingerprint density at radius 2 is 2.14 bits per heavy atom. The van der Waals surface area contributed by atoms with E-state index in [1.54, 1.807) is 0 Å². The van der Waals surface area contributed by atoms with Crippen molar-refractivity contribution >= 4 is 5.91 Å². The molecule has 0 radical (unpaired) electrons. The Morgan fingerprint density at radius 3 is 2.76 bits per heavy atom. The average Bonchev–Trinajstić information content (AvgIpc) is 2.48. The van der Waals surface area contributed by atoms with Gasteiger partial charge in [0.25, 0.3) is 0 Å². The van der Waals surface area contributed by atoms with Crippen LogP contribution in [-0.4, -0.2) is 48.3 Å². The van der Waals surface area contributed by atoms with Crippen LogP contribution in [0.1, 0.15) is 28.8 Å². The first-order chi connectivity index (χ1) is 10.1. The van der Waals surface area contributed by atoms with Crippen molar-refractivity contribution < 1.29 is 19.0 Å². The van der Waals surface area contributed by atoms with Crippen molar-refractivity contribution in [2.24, 2.45) is 5.73 Å². The molecule has 1 heterocycles. The van der Waals surface area contributed by atoms with Crippen molar-refractivity contribution in [3.8, 4) is 0 Å². The van der Waals surface area contributed by atoms with Crippen molar-refractivity contribution in [3.63, 3.8) is 0 Å². The molecule has 2 rings (SSSR count). The molecular weight excluding hydrogens is 275 g/mol. The van der Waals surface area contributed by atoms with Gasteiger partial charge in [-0.1, -0.05) is 0 Å². The first-order valence-corrected chi connectivity index (χ1v) is 7.13. The number of hydrogen-bond acceptors (Lipinski definition) is 4. The van der Waals surface area contributed by atoms with Crippen LogP contribution in [0.15, 0.2) is 18.2 Å². The third kappa shape index (κ3) is 4.49. The van der Waals surface area contributed by atoms with Crippen molar-refractivity contribution in [3.05, 3.63) is 35.1 Å². The van der Waals surface area contributed by atoms with Crippen LogP contribution in [0.4, 0.5) is 4.39 Å². The molecule has 0 saturated carbocycles. The lowest BCUT2D eigenvalue weighted by atomic mass is 10.1. The van der Waals surface area contributed by atoms with Gasteiger partial charge in [0.1, 0.15) is 5.82 Å². The minimum Gasteiger partial charge on any atom is -0.394 e. The molecule has 1 amide bonds. The summed E-state index contributed by atoms with van der Waals surface area (Å²) in [6, 6.07) is 4.20. The summed E-state index contributed by atoms with van der Waals surface area (Å²) in [6.07, 6.45) is 1.88. The molecular formula is C15H21FN2O3. The lowest BCUT2D eigenvalue weighted by Gasteiger charge is -2.31. The van der Waals surface area contributed by atoms with Gasteiger partial charge in [0.05, 0.1) is 19.3 Å². The molecule has 116 valence electrons. The summed E-state index contributed by atoms with van der Waals surface area (Å²) in [6.45, 7) is 2.46. The summed E-state index contributed by atoms with van der Waals surface area (Å²) in [4.78, 5) is 13.3. The molecule has 1 aliphatic rings. The smallest absolute Gasteiger partial charge is 0.248 e. The van der Waals surface area contributed by atoms with Gasteiger partial charge in [0.2, 0.25) is 5.91 Å². The van der Waals surface area contributed by atoms with Crippen LogP contribution in [0.5, 0.6) is 0 Å². The molecule has 6 heteroatoms. The van der Waals surface area contributed by atoms with Gasteiger partial charge in [-0.3, -0.25) is 9.69 Å². The van der Waals surface area contributed by atoms with Crippen LogP contribution in [0.3, 0.4) is 0 Å². The molecule has 5 nitrogen and oxygen atoms in total. The van der Waals surface area contributed by atoms with Crippen molar-refractivity contribution in [1.82, 2.24) is 4.90 Å². The first-order valence-electron chi connectivity index (χ1n) is 7.13. The summed E-state index contributed by atoms with van der Waals surface area (Å²) in [5, 5.41) is 8.73. The molecule has 0 bridgehead atoms. The Bertz CT molecular complexity index is 488. The van der Waals surface area contributed by atoms with Gasteiger partial charge in [0.15, 0.2) is 0 Å². The highest BCUT2D eigenvalue weighted by Gasteiger charge is 2.20. The van der Waals surface area contributed by atoms with Crippen LogP contribution in [0.2, 0.25) is 0 Å². The maximum atomic E-state index is 13.8. The molecule has 3 N–H and O–H groups in total. The number of amides is 1. The quantitative estimate of drug-likeness (QED) is 0.818. The maximum absolute atomic E-state index is 13.8. The molecule has 0 atom stereocenters. The minimum atomic E-state index is -0.549. The summed E-state index contributed by atoms with van der Waals surface area (Å²) in [5.74, 6) is -0.869. The maximum Gasteiger partial charge on any atom is 0.248 e. The number of halogens is 1. The number of primary amides is 1. The second-order valence-electron chi connectivity index (χ2n) is 5.24. The monoisotopic (exact) mass is 296 g/mol. The second-order valence-corrected chi connectivity index (χ2v) is 5.24. The van der Waals surface area contributed by atoms with Crippen molar-refractivity contribution in [2.75, 3.05) is 26.3 Å². The van der Waals surface area contributed by atoms with Crippen LogP contribution >= 0.6 is 0 Å². The number of aliphatic hydroxyl groups is 1. The lowest BCUT2D eigenvalue weighted by Crippen LogP contribution is -2.37. The molecule has 1 fully saturated rings. The predicted octanol–water partition coefficient (Wildman–Crippen LogP) is 0.898. The van der Waals surface area contributed by atoms with E-state index in [1.807, 2.05) is 0 Å². The fourth-order valence-electron chi connectivity index (χ4n) is 2.54. The van der Waals surface area contributed by atoms with E-state index in [4.69, 9.17) is 15.6 Å². The normalized spacial score (nSPS) is 17.0. The molecule has 0 spiro atoms. The topological polar surface area (TPSA) is 75.8 Å². The number of carbonyl (C=O) groups is 1. The molecule has 0 aromatic heterocycles. The number of rotatable bonds is 6. The van der Waals surface area contributed by atoms with E-state index in [0.717, 1.165) is 25.9 Å². The number of piperidine rings is 1. The summed E-state index contributed by atoms with van der Waals surface area (Å²) in [7, 11) is 0. The van der Waals surface area contributed by atoms with Gasteiger partial charge < -0.3 is 15.6 Å². The third-order valence-corrected chi connectivity index (χ3v) is 3.70. The number of likely N-dealkylation sites (tertiary alicyclic amines) is 1. The fourth-order valence-corrected chi connectivity index (χ4v) is 2.54. The number of aliphatic hydroxyl groups excluding tert-OH is 1. The van der Waals surface area contributed by atoms with E-state index >= 15 is 0 Å². The highest BCUT2D eigenvalue weighted by atomic mass is 19.1. The highest BCUT2D eigenvalue weighted by molar-refractivity contribution is 5.92. The zero-order valence-electron chi connectivity index (χ0n) is 11.9. The van der Waals surface area contributed by atoms with E-state index in [0.29, 0.717) is 24.3 Å². The van der Waals surface area contributed by atoms with E-state index in [9.17, 15) is 9.18 Å². The number of carbonyl (C=O) groups excluding carboxylic acids is 1. The lowest BCUT2D eigenvalue weighted by molar-refractivity contribution is -0.00914. The Kier molecular flexibility index (Phi) is 5.67. The van der Waals surface area contributed by atoms with E-state index in [-0.39, 0.29) is 18.5 Å². The van der Waals surface area contributed by atoms with E-state index in [2.05, 4.69) is 4.90 Å². The van der Waals surface area contributed by atoms with Gasteiger partial charge in [-0.2, -0.15) is 0 Å². The summed E-state index contributed by atoms with van der Waals surface area (Å²) >= 11 is 0. The fraction of sp³-hybridized carbons (Fsp3) is 0.533. The SMILES string of the molecule is NC(=O)c1ccc(F)c(CN2CCC(OCCO)CC2)c1. The molecule has 1 aliphatic heterocycles. The number of hydrogen-bond donors (Lipinski definition) is 2. The van der Waals surface area contributed by atoms with Crippen LogP contribution in [0, 0.1) is 5.82 Å². The number of nitrogens with zero attached hydrogens (tertiary/aromatic N) is 1. The number of benzene rings is 1. The standard InChI is InChI=1S/C15H21FN2O3/c16-14-2-1-11(15(17)20)9-12(14)10-18-5-3-13(4-6-18)21-8-7-19/h1-2,9,13,19H,3-8,10H2,(H2,17,20). The zero-order chi connectivity index (χ0) is 15.2. The molecule has 0 aliphatic carbocycles. The Balaban J connectivity index is 1.91. The molecule has 1 saturated heterocycles. The largest absolute Gasteiger partial charge is 0.394 e. The number of ether oxygens (including phenoxy) is 1. The molecule has 21 heavy (non-hydrogen) atoms. The minimum absolute atomic E-state index is 0.0331. The van der Waals surface area contributed by atoms with Gasteiger partial charge in [0, 0.05) is 30.8 Å². The molecule has 0 unspecified atom stereocenters. The zero-order valence-corrected chi connectivity index (χ0v) is 11.9. The van der Waals surface area contributed by atoms with Crippen LogP contribution < -0.4 is 5.73 Å². The Labute approximate surface area is 123 Å². The first kappa shape index (κ1) is 15.9. The molecule has 1 aromatic carbocycles. The van der Waals surface area contributed by atoms with E-state index < -0.39 is 5.91 Å². The van der Waals surface area contributed by atoms with Crippen LogP contribution in [0.25, 0.3) is 0 Å². The second kappa shape index (κ2) is 7.49. The third-order valence-electron chi connectivity index (χ3n) is 3.70. The molecule has 1 aromatic rings.